The van der Waals surface area contributed by atoms with Gasteiger partial charge in [-0.3, -0.25) is 5.32 Å². The molecule has 0 radical (unpaired) electrons. The van der Waals surface area contributed by atoms with E-state index in [1.807, 2.05) is 6.92 Å². The Morgan fingerprint density at radius 3 is 2.42 bits per heavy atom. The van der Waals surface area contributed by atoms with Gasteiger partial charge in [0.2, 0.25) is 0 Å². The van der Waals surface area contributed by atoms with Gasteiger partial charge in [-0.1, -0.05) is 0 Å². The summed E-state index contributed by atoms with van der Waals surface area (Å²) in [7, 11) is 2.93. The highest BCUT2D eigenvalue weighted by molar-refractivity contribution is 5.66. The molecule has 1 aliphatic heterocycles. The average Bonchev–Trinajstić information content (AvgIpc) is 2.06. The molecule has 1 rings (SSSR count). The lowest BCUT2D eigenvalue weighted by Crippen LogP contribution is -2.64. The monoisotopic (exact) mass is 175 g/mol. The largest absolute Gasteiger partial charge is 0.483 e. The maximum absolute atomic E-state index is 11.4. The standard InChI is InChI=1S/C7H14N2O3/c1-6-4-5-8-7(10)9(6,11-2)12-3/h6H,4-5H2,1-3H3/p+1. The summed E-state index contributed by atoms with van der Waals surface area (Å²) in [6.07, 6.45) is 0.855. The predicted octanol–water partition coefficient (Wildman–Crippen LogP) is 0.428. The van der Waals surface area contributed by atoms with Crippen LogP contribution in [0.25, 0.3) is 0 Å². The van der Waals surface area contributed by atoms with Crippen molar-refractivity contribution in [2.24, 2.45) is 0 Å². The molecule has 1 unspecified atom stereocenters. The molecule has 0 aromatic rings. The molecule has 0 aromatic carbocycles. The van der Waals surface area contributed by atoms with Crippen molar-refractivity contribution in [1.29, 1.82) is 0 Å². The van der Waals surface area contributed by atoms with E-state index in [1.54, 1.807) is 0 Å². The lowest BCUT2D eigenvalue weighted by atomic mass is 10.2. The Kier molecular flexibility index (Phi) is 2.66. The topological polar surface area (TPSA) is 47.6 Å². The summed E-state index contributed by atoms with van der Waals surface area (Å²) in [6.45, 7) is 2.61. The first-order valence-corrected chi connectivity index (χ1v) is 3.96. The van der Waals surface area contributed by atoms with Crippen LogP contribution >= 0.6 is 0 Å². The zero-order valence-corrected chi connectivity index (χ0v) is 7.66. The third-order valence-electron chi connectivity index (χ3n) is 2.24. The maximum atomic E-state index is 11.4. The molecule has 1 fully saturated rings. The first kappa shape index (κ1) is 9.44. The zero-order chi connectivity index (χ0) is 9.19. The molecular formula is C7H15N2O3+. The Labute approximate surface area is 71.7 Å². The lowest BCUT2D eigenvalue weighted by Gasteiger charge is -2.35. The van der Waals surface area contributed by atoms with Gasteiger partial charge in [0.15, 0.2) is 6.04 Å². The Bertz CT molecular complexity index is 179. The molecule has 0 aromatic heterocycles. The average molecular weight is 175 g/mol. The number of hydrogen-bond donors (Lipinski definition) is 1. The minimum Gasteiger partial charge on any atom is -0.300 e. The molecule has 5 nitrogen and oxygen atoms in total. The number of quaternary nitrogens is 1. The molecule has 70 valence electrons. The van der Waals surface area contributed by atoms with Crippen molar-refractivity contribution < 1.29 is 19.3 Å². The van der Waals surface area contributed by atoms with E-state index < -0.39 is 0 Å². The van der Waals surface area contributed by atoms with E-state index in [0.717, 1.165) is 6.42 Å². The Balaban J connectivity index is 2.85. The van der Waals surface area contributed by atoms with Gasteiger partial charge in [-0.05, 0) is 6.92 Å². The molecule has 12 heavy (non-hydrogen) atoms. The van der Waals surface area contributed by atoms with Crippen molar-refractivity contribution in [1.82, 2.24) is 5.32 Å². The molecule has 0 saturated carbocycles. The second-order valence-corrected chi connectivity index (χ2v) is 2.83. The molecule has 0 spiro atoms. The summed E-state index contributed by atoms with van der Waals surface area (Å²) in [5.74, 6) is 0. The fourth-order valence-corrected chi connectivity index (χ4v) is 1.47. The number of carbonyl (C=O) groups is 1. The van der Waals surface area contributed by atoms with Crippen molar-refractivity contribution in [3.63, 3.8) is 0 Å². The smallest absolute Gasteiger partial charge is 0.300 e. The third-order valence-corrected chi connectivity index (χ3v) is 2.24. The van der Waals surface area contributed by atoms with E-state index in [4.69, 9.17) is 9.68 Å². The third kappa shape index (κ3) is 1.20. The van der Waals surface area contributed by atoms with Gasteiger partial charge in [0.05, 0.1) is 0 Å². The van der Waals surface area contributed by atoms with E-state index in [9.17, 15) is 4.79 Å². The first-order valence-electron chi connectivity index (χ1n) is 3.96. The summed E-state index contributed by atoms with van der Waals surface area (Å²) in [4.78, 5) is 21.1. The van der Waals surface area contributed by atoms with Gasteiger partial charge in [-0.25, -0.2) is 4.79 Å². The molecule has 1 atom stereocenters. The summed E-state index contributed by atoms with van der Waals surface area (Å²) in [5, 5.41) is 2.69. The van der Waals surface area contributed by atoms with Crippen LogP contribution in [0.5, 0.6) is 0 Å². The van der Waals surface area contributed by atoms with Crippen molar-refractivity contribution in [3.05, 3.63) is 0 Å². The quantitative estimate of drug-likeness (QED) is 0.619. The highest BCUT2D eigenvalue weighted by atomic mass is 17.0. The zero-order valence-electron chi connectivity index (χ0n) is 7.66. The SMILES string of the molecule is CO[N+]1(OC)C(=O)NCCC1C. The van der Waals surface area contributed by atoms with Gasteiger partial charge in [0, 0.05) is 17.8 Å². The van der Waals surface area contributed by atoms with Gasteiger partial charge >= 0.3 is 6.03 Å². The molecule has 1 heterocycles. The van der Waals surface area contributed by atoms with Crippen LogP contribution in [0.1, 0.15) is 13.3 Å². The van der Waals surface area contributed by atoms with Gasteiger partial charge in [0.1, 0.15) is 14.2 Å². The number of rotatable bonds is 2. The van der Waals surface area contributed by atoms with Crippen LogP contribution < -0.4 is 5.32 Å². The van der Waals surface area contributed by atoms with Crippen LogP contribution in [-0.4, -0.2) is 37.6 Å². The fourth-order valence-electron chi connectivity index (χ4n) is 1.47. The highest BCUT2D eigenvalue weighted by Gasteiger charge is 2.48. The molecular weight excluding hydrogens is 160 g/mol. The van der Waals surface area contributed by atoms with Gasteiger partial charge in [-0.15, -0.1) is 0 Å². The Morgan fingerprint density at radius 2 is 2.08 bits per heavy atom. The van der Waals surface area contributed by atoms with Crippen LogP contribution in [0.4, 0.5) is 4.79 Å². The van der Waals surface area contributed by atoms with Gasteiger partial charge in [0.25, 0.3) is 0 Å². The summed E-state index contributed by atoms with van der Waals surface area (Å²) < 4.78 is 0. The van der Waals surface area contributed by atoms with Gasteiger partial charge < -0.3 is 0 Å². The number of hydroxylamine groups is 4. The minimum atomic E-state index is -0.389. The maximum Gasteiger partial charge on any atom is 0.483 e. The first-order chi connectivity index (χ1) is 5.67. The Morgan fingerprint density at radius 1 is 1.50 bits per heavy atom. The fraction of sp³-hybridized carbons (Fsp3) is 0.857. The van der Waals surface area contributed by atoms with Crippen LogP contribution in [0.3, 0.4) is 0 Å². The van der Waals surface area contributed by atoms with Crippen molar-refractivity contribution in [3.8, 4) is 0 Å². The second kappa shape index (κ2) is 3.38. The van der Waals surface area contributed by atoms with E-state index in [0.29, 0.717) is 6.54 Å². The number of amides is 2. The second-order valence-electron chi connectivity index (χ2n) is 2.83. The molecule has 1 N–H and O–H groups in total. The van der Waals surface area contributed by atoms with E-state index in [-0.39, 0.29) is 16.9 Å². The molecule has 0 aliphatic carbocycles. The number of carbonyl (C=O) groups excluding carboxylic acids is 1. The van der Waals surface area contributed by atoms with Crippen molar-refractivity contribution >= 4 is 6.03 Å². The summed E-state index contributed by atoms with van der Waals surface area (Å²) >= 11 is 0. The highest BCUT2D eigenvalue weighted by Crippen LogP contribution is 2.20. The molecule has 2 amide bonds. The minimum absolute atomic E-state index is 0.0359. The molecule has 5 heteroatoms. The van der Waals surface area contributed by atoms with Crippen LogP contribution in [0.15, 0.2) is 0 Å². The van der Waals surface area contributed by atoms with Crippen LogP contribution in [0.2, 0.25) is 0 Å². The number of nitrogens with zero attached hydrogens (tertiary/aromatic N) is 1. The molecule has 1 saturated heterocycles. The number of hydrogen-bond acceptors (Lipinski definition) is 3. The van der Waals surface area contributed by atoms with Crippen molar-refractivity contribution in [2.45, 2.75) is 19.4 Å². The molecule has 1 aliphatic rings. The van der Waals surface area contributed by atoms with Gasteiger partial charge in [-0.2, -0.15) is 9.68 Å². The molecule has 0 bridgehead atoms. The van der Waals surface area contributed by atoms with Crippen molar-refractivity contribution in [2.75, 3.05) is 20.8 Å². The normalized spacial score (nSPS) is 28.2. The van der Waals surface area contributed by atoms with Crippen LogP contribution in [0, 0.1) is 0 Å². The summed E-state index contributed by atoms with van der Waals surface area (Å²) in [5.41, 5.74) is 0. The number of urea groups is 1. The number of nitrogens with one attached hydrogen (secondary N) is 1. The Hall–Kier alpha value is -0.650. The summed E-state index contributed by atoms with van der Waals surface area (Å²) in [6, 6.07) is -0.201. The predicted molar refractivity (Wildman–Crippen MR) is 41.8 cm³/mol. The van der Waals surface area contributed by atoms with E-state index >= 15 is 0 Å². The lowest BCUT2D eigenvalue weighted by molar-refractivity contribution is -1.20. The van der Waals surface area contributed by atoms with E-state index in [1.165, 1.54) is 14.2 Å². The van der Waals surface area contributed by atoms with Crippen LogP contribution in [-0.2, 0) is 9.68 Å². The van der Waals surface area contributed by atoms with E-state index in [2.05, 4.69) is 5.32 Å².